The third-order valence-corrected chi connectivity index (χ3v) is 17.6. The van der Waals surface area contributed by atoms with Gasteiger partial charge in [-0.3, -0.25) is 57.1 Å². The largest absolute Gasteiger partial charge is 0.494 e. The number of carbonyl (C=O) groups excluding carboxylic acids is 10. The lowest BCUT2D eigenvalue weighted by Gasteiger charge is -2.32. The zero-order valence-electron chi connectivity index (χ0n) is 44.9. The number of H-pyrrole nitrogens is 1. The SMILES string of the molecule is CCC(C)C1NC(=O)CNC(=O)C2CC(=O)C(C(C)C(O)CO)NC(=O)C3CC(O)CN3C(=O)C(CC(N)O)CC(=O)C(CS(=O)c3[nH]c4cc(OCCCCCCN5C(=O)CC(SC)C5=O)ccc4c3C2)NC(=O)CNC1=O. The first kappa shape index (κ1) is 62.4. The van der Waals surface area contributed by atoms with Gasteiger partial charge in [0.2, 0.25) is 47.3 Å². The Morgan fingerprint density at radius 1 is 0.835 bits per heavy atom. The predicted molar refractivity (Wildman–Crippen MR) is 287 cm³/mol. The van der Waals surface area contributed by atoms with Crippen molar-refractivity contribution in [2.75, 3.05) is 51.4 Å². The second kappa shape index (κ2) is 28.5. The molecule has 2 bridgehead atoms. The first-order valence-electron chi connectivity index (χ1n) is 26.8. The van der Waals surface area contributed by atoms with Gasteiger partial charge in [0.15, 0.2) is 11.6 Å². The van der Waals surface area contributed by atoms with E-state index in [1.165, 1.54) is 23.6 Å². The van der Waals surface area contributed by atoms with Crippen molar-refractivity contribution in [1.29, 1.82) is 0 Å². The first-order valence-corrected chi connectivity index (χ1v) is 29.4. The van der Waals surface area contributed by atoms with Crippen molar-refractivity contribution in [3.63, 3.8) is 0 Å². The van der Waals surface area contributed by atoms with Crippen molar-refractivity contribution in [3.8, 4) is 5.75 Å². The van der Waals surface area contributed by atoms with Crippen molar-refractivity contribution in [1.82, 2.24) is 41.4 Å². The molecule has 0 aliphatic carbocycles. The van der Waals surface area contributed by atoms with E-state index in [-0.39, 0.29) is 53.5 Å². The number of nitrogens with one attached hydrogen (secondary N) is 6. The molecule has 2 fully saturated rings. The molecular formula is C52H75N9O16S2. The van der Waals surface area contributed by atoms with Crippen LogP contribution in [0.25, 0.3) is 10.9 Å². The standard InChI is InChI=1S/C52H75N9O16S2/c1-5-26(2)45-49(73)55-21-42(68)56-35-25-79(76)50-33(32-11-10-31(19-34(32)57-50)77-13-9-7-6-8-12-60-44(70)20-40(78-4)52(60)75)14-28(47(71)54-22-43(69)58-45)15-38(65)46(27(3)39(66)24-62)59-48(72)36-18-30(63)23-61(36)51(74)29(16-37(35)64)17-41(53)67/h10-11,19,26-30,35-36,39-41,45-46,57,62-63,66-67H,5-9,12-18,20-25,53H2,1-4H3,(H,54,71)(H,55,73)(H,56,68)(H,58,69)(H,59,72). The number of hydrogen-bond donors (Lipinski definition) is 11. The number of rotatable bonds is 16. The van der Waals surface area contributed by atoms with E-state index in [1.54, 1.807) is 38.3 Å². The van der Waals surface area contributed by atoms with E-state index in [9.17, 15) is 68.4 Å². The summed E-state index contributed by atoms with van der Waals surface area (Å²) in [5, 5.41) is 55.0. The van der Waals surface area contributed by atoms with Gasteiger partial charge >= 0.3 is 0 Å². The third kappa shape index (κ3) is 16.0. The fraction of sp³-hybridized carbons (Fsp3) is 0.654. The minimum atomic E-state index is -2.32. The van der Waals surface area contributed by atoms with Crippen LogP contribution in [0.3, 0.4) is 0 Å². The number of thioether (sulfide) groups is 1. The highest BCUT2D eigenvalue weighted by Crippen LogP contribution is 2.33. The Bertz CT molecular complexity index is 2630. The van der Waals surface area contributed by atoms with Crippen LogP contribution in [-0.4, -0.2) is 197 Å². The predicted octanol–water partition coefficient (Wildman–Crippen LogP) is -2.22. The maximum absolute atomic E-state index is 15.1. The normalized spacial score (nSPS) is 28.0. The van der Waals surface area contributed by atoms with E-state index in [0.29, 0.717) is 42.5 Å². The third-order valence-electron chi connectivity index (χ3n) is 15.2. The highest BCUT2D eigenvalue weighted by atomic mass is 32.2. The Balaban J connectivity index is 1.42. The number of aromatic nitrogens is 1. The Labute approximate surface area is 463 Å². The molecule has 79 heavy (non-hydrogen) atoms. The summed E-state index contributed by atoms with van der Waals surface area (Å²) in [5.74, 6) is -12.3. The zero-order valence-corrected chi connectivity index (χ0v) is 46.5. The van der Waals surface area contributed by atoms with E-state index >= 15 is 4.21 Å². The number of ether oxygens (including phenoxy) is 1. The smallest absolute Gasteiger partial charge is 0.243 e. The lowest BCUT2D eigenvalue weighted by Crippen LogP contribution is -2.56. The zero-order chi connectivity index (χ0) is 57.8. The lowest BCUT2D eigenvalue weighted by atomic mass is 9.85. The highest BCUT2D eigenvalue weighted by molar-refractivity contribution is 8.00. The van der Waals surface area contributed by atoms with Gasteiger partial charge in [-0.15, -0.1) is 0 Å². The molecule has 0 spiro atoms. The molecule has 4 aliphatic heterocycles. The Hall–Kier alpha value is -5.84. The van der Waals surface area contributed by atoms with Gasteiger partial charge in [0.05, 0.1) is 77.9 Å². The van der Waals surface area contributed by atoms with Gasteiger partial charge in [0.1, 0.15) is 29.1 Å². The molecule has 1 aromatic heterocycles. The summed E-state index contributed by atoms with van der Waals surface area (Å²) in [6, 6.07) is -1.16. The van der Waals surface area contributed by atoms with Crippen molar-refractivity contribution < 1.29 is 77.3 Å². The number of unbranched alkanes of at least 4 members (excludes halogenated alkanes) is 3. The number of nitrogens with two attached hydrogens (primary N) is 1. The Morgan fingerprint density at radius 2 is 1.53 bits per heavy atom. The number of fused-ring (bicyclic) bond motifs is 5. The van der Waals surface area contributed by atoms with Gasteiger partial charge in [-0.05, 0) is 55.6 Å². The van der Waals surface area contributed by atoms with Crippen LogP contribution in [0.2, 0.25) is 0 Å². The van der Waals surface area contributed by atoms with E-state index in [1.807, 2.05) is 0 Å². The molecule has 2 saturated heterocycles. The minimum absolute atomic E-state index is 0.0548. The number of aliphatic hydroxyl groups is 4. The van der Waals surface area contributed by atoms with E-state index in [2.05, 4.69) is 31.6 Å². The van der Waals surface area contributed by atoms with Crippen molar-refractivity contribution in [3.05, 3.63) is 23.8 Å². The number of hydrogen-bond acceptors (Lipinski definition) is 18. The van der Waals surface area contributed by atoms with Crippen molar-refractivity contribution in [2.45, 2.75) is 144 Å². The van der Waals surface area contributed by atoms with Crippen molar-refractivity contribution in [2.24, 2.45) is 29.4 Å². The van der Waals surface area contributed by atoms with Crippen LogP contribution in [0.5, 0.6) is 5.75 Å². The molecule has 4 aliphatic rings. The van der Waals surface area contributed by atoms with Gasteiger partial charge in [-0.1, -0.05) is 40.0 Å². The molecule has 27 heteroatoms. The van der Waals surface area contributed by atoms with Gasteiger partial charge < -0.3 is 67.4 Å². The van der Waals surface area contributed by atoms with Gasteiger partial charge in [0, 0.05) is 68.0 Å². The maximum Gasteiger partial charge on any atom is 0.243 e. The quantitative estimate of drug-likeness (QED) is 0.0482. The molecule has 13 unspecified atom stereocenters. The average Bonchev–Trinajstić information content (AvgIpc) is 4.15. The fourth-order valence-electron chi connectivity index (χ4n) is 10.4. The molecular weight excluding hydrogens is 1070 g/mol. The average molecular weight is 1150 g/mol. The summed E-state index contributed by atoms with van der Waals surface area (Å²) in [4.78, 5) is 144. The number of Topliss-reactive ketones (excluding diaryl/α,β-unsaturated/α-hetero) is 2. The lowest BCUT2D eigenvalue weighted by molar-refractivity contribution is -0.145. The molecule has 13 atom stereocenters. The van der Waals surface area contributed by atoms with E-state index in [4.69, 9.17) is 10.5 Å². The molecule has 25 nitrogen and oxygen atoms in total. The summed E-state index contributed by atoms with van der Waals surface area (Å²) in [6.07, 6.45) is -2.32. The summed E-state index contributed by atoms with van der Waals surface area (Å²) < 4.78 is 21.2. The number of likely N-dealkylation sites (tertiary alicyclic amines) is 1. The van der Waals surface area contributed by atoms with Crippen molar-refractivity contribution >= 4 is 92.3 Å². The topological polar surface area (TPSA) is 386 Å². The molecule has 436 valence electrons. The number of amides is 8. The number of benzene rings is 1. The Kier molecular flexibility index (Phi) is 22.5. The summed E-state index contributed by atoms with van der Waals surface area (Å²) in [6.45, 7) is 2.67. The fourth-order valence-corrected chi connectivity index (χ4v) is 12.5. The molecule has 0 radical (unpaired) electrons. The second-order valence-corrected chi connectivity index (χ2v) is 23.4. The first-order chi connectivity index (χ1) is 37.5. The van der Waals surface area contributed by atoms with E-state index in [0.717, 1.165) is 17.7 Å². The molecule has 1 aromatic carbocycles. The van der Waals surface area contributed by atoms with Crippen LogP contribution >= 0.6 is 11.8 Å². The van der Waals surface area contributed by atoms with Crippen LogP contribution in [-0.2, 0) is 65.2 Å². The summed E-state index contributed by atoms with van der Waals surface area (Å²) in [7, 11) is -2.32. The molecule has 5 heterocycles. The maximum atomic E-state index is 15.1. The summed E-state index contributed by atoms with van der Waals surface area (Å²) >= 11 is 1.36. The molecule has 2 aromatic rings. The van der Waals surface area contributed by atoms with Crippen LogP contribution in [0.4, 0.5) is 0 Å². The van der Waals surface area contributed by atoms with Gasteiger partial charge in [-0.2, -0.15) is 11.8 Å². The van der Waals surface area contributed by atoms with Crippen LogP contribution in [0, 0.1) is 23.7 Å². The van der Waals surface area contributed by atoms with Crippen LogP contribution in [0.15, 0.2) is 23.2 Å². The number of aliphatic hydroxyl groups excluding tert-OH is 4. The number of carbonyl (C=O) groups is 10. The monoisotopic (exact) mass is 1150 g/mol. The number of imide groups is 1. The molecule has 6 rings (SSSR count). The summed E-state index contributed by atoms with van der Waals surface area (Å²) in [5.41, 5.74) is 6.34. The number of aromatic amines is 1. The molecule has 0 saturated carbocycles. The molecule has 12 N–H and O–H groups in total. The van der Waals surface area contributed by atoms with E-state index < -0.39 is 175 Å². The molecule has 8 amide bonds. The number of ketones is 2. The highest BCUT2D eigenvalue weighted by Gasteiger charge is 2.45. The van der Waals surface area contributed by atoms with Crippen LogP contribution in [0.1, 0.15) is 90.5 Å². The Morgan fingerprint density at radius 3 is 2.20 bits per heavy atom. The second-order valence-electron chi connectivity index (χ2n) is 20.9. The minimum Gasteiger partial charge on any atom is -0.494 e. The van der Waals surface area contributed by atoms with Gasteiger partial charge in [-0.25, -0.2) is 0 Å². The van der Waals surface area contributed by atoms with Gasteiger partial charge in [0.25, 0.3) is 0 Å². The van der Waals surface area contributed by atoms with Crippen LogP contribution < -0.4 is 37.1 Å². The number of nitrogens with zero attached hydrogens (tertiary/aromatic N) is 2.